The number of aromatic nitrogens is 5. The number of hydrogen-bond acceptors (Lipinski definition) is 5. The van der Waals surface area contributed by atoms with Gasteiger partial charge in [0, 0.05) is 23.9 Å². The molecule has 0 bridgehead atoms. The molecule has 1 fully saturated rings. The minimum atomic E-state index is -0.0567. The van der Waals surface area contributed by atoms with Crippen molar-refractivity contribution in [3.05, 3.63) is 87.7 Å². The van der Waals surface area contributed by atoms with E-state index in [0.717, 1.165) is 28.8 Å². The zero-order valence-corrected chi connectivity index (χ0v) is 17.0. The Labute approximate surface area is 172 Å². The third-order valence-electron chi connectivity index (χ3n) is 5.08. The fourth-order valence-corrected chi connectivity index (χ4v) is 4.27. The van der Waals surface area contributed by atoms with E-state index in [1.165, 1.54) is 18.4 Å². The van der Waals surface area contributed by atoms with Crippen molar-refractivity contribution in [1.29, 1.82) is 0 Å². The van der Waals surface area contributed by atoms with Crippen molar-refractivity contribution in [2.75, 3.05) is 0 Å². The van der Waals surface area contributed by atoms with Crippen molar-refractivity contribution < 1.29 is 0 Å². The first-order chi connectivity index (χ1) is 14.2. The molecule has 0 spiro atoms. The molecule has 0 amide bonds. The van der Waals surface area contributed by atoms with Crippen molar-refractivity contribution in [1.82, 2.24) is 24.1 Å². The number of rotatable bonds is 6. The molecule has 0 atom stereocenters. The van der Waals surface area contributed by atoms with E-state index in [1.54, 1.807) is 22.2 Å². The van der Waals surface area contributed by atoms with Gasteiger partial charge in [-0.3, -0.25) is 9.20 Å². The molecule has 3 heterocycles. The van der Waals surface area contributed by atoms with E-state index in [1.807, 2.05) is 31.3 Å². The van der Waals surface area contributed by atoms with Crippen LogP contribution in [0.15, 0.2) is 64.7 Å². The molecule has 1 aliphatic carbocycles. The molecule has 5 rings (SSSR count). The van der Waals surface area contributed by atoms with Crippen LogP contribution in [0.4, 0.5) is 0 Å². The molecule has 1 aromatic carbocycles. The summed E-state index contributed by atoms with van der Waals surface area (Å²) >= 11 is 1.58. The smallest absolute Gasteiger partial charge is 0.258 e. The van der Waals surface area contributed by atoms with Crippen LogP contribution >= 0.6 is 11.8 Å². The number of pyridine rings is 1. The summed E-state index contributed by atoms with van der Waals surface area (Å²) in [6.45, 7) is 2.72. The standard InChI is InChI=1S/C22H21N5OS/c1-15-7-10-19-23-18(11-20(28)26(19)12-15)14-29-22-25-24-21(17-8-9-17)27(22)13-16-5-3-2-4-6-16/h2-7,10-12,17H,8-9,13-14H2,1H3. The number of benzene rings is 1. The Hall–Kier alpha value is -2.93. The average molecular weight is 404 g/mol. The lowest BCUT2D eigenvalue weighted by atomic mass is 10.2. The Morgan fingerprint density at radius 2 is 1.93 bits per heavy atom. The molecule has 1 saturated carbocycles. The molecular weight excluding hydrogens is 382 g/mol. The normalized spacial score (nSPS) is 13.8. The Morgan fingerprint density at radius 1 is 1.10 bits per heavy atom. The summed E-state index contributed by atoms with van der Waals surface area (Å²) in [5.74, 6) is 2.17. The van der Waals surface area contributed by atoms with Crippen LogP contribution in [-0.2, 0) is 12.3 Å². The molecule has 0 saturated heterocycles. The summed E-state index contributed by atoms with van der Waals surface area (Å²) in [6.07, 6.45) is 4.18. The lowest BCUT2D eigenvalue weighted by molar-refractivity contribution is 0.667. The lowest BCUT2D eigenvalue weighted by Crippen LogP contribution is -2.15. The summed E-state index contributed by atoms with van der Waals surface area (Å²) < 4.78 is 3.81. The molecule has 0 unspecified atom stereocenters. The minimum Gasteiger partial charge on any atom is -0.301 e. The van der Waals surface area contributed by atoms with E-state index < -0.39 is 0 Å². The average Bonchev–Trinajstić information content (AvgIpc) is 3.50. The highest BCUT2D eigenvalue weighted by Gasteiger charge is 2.30. The monoisotopic (exact) mass is 403 g/mol. The van der Waals surface area contributed by atoms with E-state index in [-0.39, 0.29) is 5.56 Å². The largest absolute Gasteiger partial charge is 0.301 e. The maximum Gasteiger partial charge on any atom is 0.258 e. The van der Waals surface area contributed by atoms with E-state index >= 15 is 0 Å². The van der Waals surface area contributed by atoms with Crippen molar-refractivity contribution in [2.24, 2.45) is 0 Å². The van der Waals surface area contributed by atoms with Crippen LogP contribution in [0.1, 0.15) is 41.4 Å². The fraction of sp³-hybridized carbons (Fsp3) is 0.273. The molecule has 29 heavy (non-hydrogen) atoms. The summed E-state index contributed by atoms with van der Waals surface area (Å²) in [7, 11) is 0. The Morgan fingerprint density at radius 3 is 2.72 bits per heavy atom. The predicted molar refractivity (Wildman–Crippen MR) is 113 cm³/mol. The third kappa shape index (κ3) is 3.82. The minimum absolute atomic E-state index is 0.0567. The first kappa shape index (κ1) is 18.1. The highest BCUT2D eigenvalue weighted by Crippen LogP contribution is 2.40. The molecule has 0 radical (unpaired) electrons. The van der Waals surface area contributed by atoms with Gasteiger partial charge < -0.3 is 4.57 Å². The quantitative estimate of drug-likeness (QED) is 0.458. The van der Waals surface area contributed by atoms with Crippen LogP contribution in [0.3, 0.4) is 0 Å². The SMILES string of the molecule is Cc1ccc2nc(CSc3nnc(C4CC4)n3Cc3ccccc3)cc(=O)n2c1. The van der Waals surface area contributed by atoms with Gasteiger partial charge in [0.1, 0.15) is 11.5 Å². The van der Waals surface area contributed by atoms with E-state index in [9.17, 15) is 4.79 Å². The fourth-order valence-electron chi connectivity index (χ4n) is 3.44. The molecule has 0 aliphatic heterocycles. The molecule has 0 N–H and O–H groups in total. The highest BCUT2D eigenvalue weighted by atomic mass is 32.2. The van der Waals surface area contributed by atoms with Crippen LogP contribution in [-0.4, -0.2) is 24.1 Å². The molecule has 7 heteroatoms. The van der Waals surface area contributed by atoms with Gasteiger partial charge in [-0.1, -0.05) is 48.2 Å². The van der Waals surface area contributed by atoms with Crippen molar-refractivity contribution in [3.8, 4) is 0 Å². The summed E-state index contributed by atoms with van der Waals surface area (Å²) in [5, 5.41) is 9.80. The van der Waals surface area contributed by atoms with Crippen molar-refractivity contribution in [3.63, 3.8) is 0 Å². The second-order valence-electron chi connectivity index (χ2n) is 7.50. The van der Waals surface area contributed by atoms with Gasteiger partial charge in [0.15, 0.2) is 5.16 Å². The number of thioether (sulfide) groups is 1. The second kappa shape index (κ2) is 7.48. The van der Waals surface area contributed by atoms with Gasteiger partial charge in [0.2, 0.25) is 0 Å². The topological polar surface area (TPSA) is 65.1 Å². The van der Waals surface area contributed by atoms with Gasteiger partial charge >= 0.3 is 0 Å². The van der Waals surface area contributed by atoms with Crippen LogP contribution in [0.5, 0.6) is 0 Å². The first-order valence-electron chi connectivity index (χ1n) is 9.76. The van der Waals surface area contributed by atoms with E-state index in [0.29, 0.717) is 17.3 Å². The van der Waals surface area contributed by atoms with Gasteiger partial charge in [0.25, 0.3) is 5.56 Å². The molecule has 3 aromatic heterocycles. The number of fused-ring (bicyclic) bond motifs is 1. The van der Waals surface area contributed by atoms with Crippen molar-refractivity contribution in [2.45, 2.75) is 43.1 Å². The maximum atomic E-state index is 12.5. The van der Waals surface area contributed by atoms with Crippen LogP contribution in [0, 0.1) is 6.92 Å². The van der Waals surface area contributed by atoms with Crippen LogP contribution in [0.2, 0.25) is 0 Å². The highest BCUT2D eigenvalue weighted by molar-refractivity contribution is 7.98. The second-order valence-corrected chi connectivity index (χ2v) is 8.44. The van der Waals surface area contributed by atoms with Gasteiger partial charge in [-0.2, -0.15) is 0 Å². The van der Waals surface area contributed by atoms with Crippen LogP contribution < -0.4 is 5.56 Å². The Balaban J connectivity index is 1.41. The lowest BCUT2D eigenvalue weighted by Gasteiger charge is -2.10. The zero-order chi connectivity index (χ0) is 19.8. The molecule has 146 valence electrons. The number of aryl methyl sites for hydroxylation is 1. The number of hydrogen-bond donors (Lipinski definition) is 0. The maximum absolute atomic E-state index is 12.5. The number of nitrogens with zero attached hydrogens (tertiary/aromatic N) is 5. The summed E-state index contributed by atoms with van der Waals surface area (Å²) in [6, 6.07) is 15.8. The van der Waals surface area contributed by atoms with Gasteiger partial charge in [-0.25, -0.2) is 4.98 Å². The Bertz CT molecular complexity index is 1230. The Kier molecular flexibility index (Phi) is 4.67. The molecule has 4 aromatic rings. The van der Waals surface area contributed by atoms with E-state index in [4.69, 9.17) is 0 Å². The van der Waals surface area contributed by atoms with Gasteiger partial charge in [0.05, 0.1) is 12.2 Å². The first-order valence-corrected chi connectivity index (χ1v) is 10.7. The summed E-state index contributed by atoms with van der Waals surface area (Å²) in [5.41, 5.74) is 3.63. The molecule has 1 aliphatic rings. The molecule has 6 nitrogen and oxygen atoms in total. The summed E-state index contributed by atoms with van der Waals surface area (Å²) in [4.78, 5) is 17.1. The van der Waals surface area contributed by atoms with Gasteiger partial charge in [-0.05, 0) is 37.0 Å². The predicted octanol–water partition coefficient (Wildman–Crippen LogP) is 3.81. The third-order valence-corrected chi connectivity index (χ3v) is 6.08. The van der Waals surface area contributed by atoms with Gasteiger partial charge in [-0.15, -0.1) is 10.2 Å². The van der Waals surface area contributed by atoms with E-state index in [2.05, 4.69) is 44.0 Å². The zero-order valence-electron chi connectivity index (χ0n) is 16.2. The van der Waals surface area contributed by atoms with Crippen molar-refractivity contribution >= 4 is 17.4 Å². The molecular formula is C22H21N5OS. The van der Waals surface area contributed by atoms with Crippen LogP contribution in [0.25, 0.3) is 5.65 Å².